The first-order valence-electron chi connectivity index (χ1n) is 8.07. The molecule has 26 heavy (non-hydrogen) atoms. The van der Waals surface area contributed by atoms with Crippen LogP contribution in [0, 0.1) is 12.7 Å². The van der Waals surface area contributed by atoms with Crippen molar-refractivity contribution in [2.45, 2.75) is 19.1 Å². The Morgan fingerprint density at radius 1 is 1.27 bits per heavy atom. The van der Waals surface area contributed by atoms with Crippen molar-refractivity contribution in [1.29, 1.82) is 0 Å². The molecule has 0 aliphatic rings. The molecule has 2 aromatic heterocycles. The Balaban J connectivity index is 1.48. The number of anilines is 1. The minimum Gasteiger partial charge on any atom is -0.301 e. The molecule has 0 spiro atoms. The molecule has 0 radical (unpaired) electrons. The number of nitrogens with zero attached hydrogens (tertiary/aromatic N) is 2. The molecule has 1 amide bonds. The van der Waals surface area contributed by atoms with Crippen LogP contribution in [-0.2, 0) is 17.0 Å². The lowest BCUT2D eigenvalue weighted by Crippen LogP contribution is -2.13. The summed E-state index contributed by atoms with van der Waals surface area (Å²) in [6.45, 7) is 1.74. The van der Waals surface area contributed by atoms with Crippen molar-refractivity contribution in [2.24, 2.45) is 0 Å². The number of aryl methyl sites for hydroxylation is 1. The third-order valence-corrected chi connectivity index (χ3v) is 5.50. The topological polar surface area (TPSA) is 54.9 Å². The molecule has 4 nitrogen and oxygen atoms in total. The van der Waals surface area contributed by atoms with Gasteiger partial charge in [-0.2, -0.15) is 0 Å². The predicted molar refractivity (Wildman–Crippen MR) is 105 cm³/mol. The molecule has 0 saturated heterocycles. The smallest absolute Gasteiger partial charge is 0.236 e. The lowest BCUT2D eigenvalue weighted by atomic mass is 10.1. The summed E-state index contributed by atoms with van der Waals surface area (Å²) in [6.07, 6.45) is 4.06. The van der Waals surface area contributed by atoms with Crippen LogP contribution >= 0.6 is 23.1 Å². The minimum atomic E-state index is -0.203. The number of thiazole rings is 1. The molecular formula is C19H18FN3OS2. The normalized spacial score (nSPS) is 10.7. The van der Waals surface area contributed by atoms with Crippen LogP contribution in [0.3, 0.4) is 0 Å². The largest absolute Gasteiger partial charge is 0.301 e. The second kappa shape index (κ2) is 8.91. The van der Waals surface area contributed by atoms with Gasteiger partial charge in [-0.05, 0) is 36.2 Å². The zero-order chi connectivity index (χ0) is 18.4. The molecule has 0 fully saturated rings. The maximum absolute atomic E-state index is 13.6. The molecular weight excluding hydrogens is 369 g/mol. The third-order valence-electron chi connectivity index (χ3n) is 3.62. The molecule has 3 aromatic rings. The fourth-order valence-electron chi connectivity index (χ4n) is 2.28. The maximum atomic E-state index is 13.6. The Kier molecular flexibility index (Phi) is 6.35. The predicted octanol–water partition coefficient (Wildman–Crippen LogP) is 4.45. The molecule has 0 aliphatic heterocycles. The Bertz CT molecular complexity index is 884. The van der Waals surface area contributed by atoms with Gasteiger partial charge < -0.3 is 5.32 Å². The van der Waals surface area contributed by atoms with Gasteiger partial charge in [-0.15, -0.1) is 23.1 Å². The van der Waals surface area contributed by atoms with E-state index in [0.717, 1.165) is 16.1 Å². The Morgan fingerprint density at radius 2 is 2.15 bits per heavy atom. The van der Waals surface area contributed by atoms with E-state index in [9.17, 15) is 9.18 Å². The van der Waals surface area contributed by atoms with Gasteiger partial charge in [0.1, 0.15) is 5.82 Å². The number of rotatable bonds is 7. The molecule has 0 saturated carbocycles. The van der Waals surface area contributed by atoms with E-state index in [1.165, 1.54) is 23.1 Å². The van der Waals surface area contributed by atoms with Gasteiger partial charge in [0.05, 0.1) is 11.4 Å². The molecule has 1 aromatic carbocycles. The van der Waals surface area contributed by atoms with E-state index in [-0.39, 0.29) is 11.7 Å². The summed E-state index contributed by atoms with van der Waals surface area (Å²) in [5, 5.41) is 3.37. The minimum absolute atomic E-state index is 0.0896. The molecule has 0 atom stereocenters. The maximum Gasteiger partial charge on any atom is 0.236 e. The van der Waals surface area contributed by atoms with Gasteiger partial charge >= 0.3 is 0 Å². The van der Waals surface area contributed by atoms with Crippen LogP contribution < -0.4 is 5.32 Å². The molecule has 1 N–H and O–H groups in total. The van der Waals surface area contributed by atoms with E-state index in [2.05, 4.69) is 15.3 Å². The number of amides is 1. The second-order valence-corrected chi connectivity index (χ2v) is 7.85. The highest BCUT2D eigenvalue weighted by Crippen LogP contribution is 2.22. The molecule has 134 valence electrons. The van der Waals surface area contributed by atoms with Gasteiger partial charge in [0.2, 0.25) is 5.91 Å². The number of hydrogen-bond donors (Lipinski definition) is 1. The SMILES string of the molecule is Cc1ccc(Cc2cnc(NC(=O)CSCc3ccccn3)s2)cc1F. The van der Waals surface area contributed by atoms with E-state index in [4.69, 9.17) is 0 Å². The summed E-state index contributed by atoms with van der Waals surface area (Å²) < 4.78 is 13.6. The monoisotopic (exact) mass is 387 g/mol. The number of halogens is 1. The molecule has 3 rings (SSSR count). The number of nitrogens with one attached hydrogen (secondary N) is 1. The third kappa shape index (κ3) is 5.37. The van der Waals surface area contributed by atoms with Gasteiger partial charge in [-0.3, -0.25) is 9.78 Å². The van der Waals surface area contributed by atoms with Crippen LogP contribution in [0.15, 0.2) is 48.8 Å². The summed E-state index contributed by atoms with van der Waals surface area (Å²) in [5.74, 6) is 0.740. The van der Waals surface area contributed by atoms with Crippen molar-refractivity contribution in [1.82, 2.24) is 9.97 Å². The lowest BCUT2D eigenvalue weighted by molar-refractivity contribution is -0.113. The van der Waals surface area contributed by atoms with Crippen molar-refractivity contribution in [3.63, 3.8) is 0 Å². The van der Waals surface area contributed by atoms with Crippen LogP contribution in [0.25, 0.3) is 0 Å². The molecule has 0 aliphatic carbocycles. The molecule has 0 bridgehead atoms. The fourth-order valence-corrected chi connectivity index (χ4v) is 3.88. The quantitative estimate of drug-likeness (QED) is 0.651. The van der Waals surface area contributed by atoms with Crippen LogP contribution in [0.4, 0.5) is 9.52 Å². The van der Waals surface area contributed by atoms with Gasteiger partial charge in [-0.25, -0.2) is 9.37 Å². The summed E-state index contributed by atoms with van der Waals surface area (Å²) in [4.78, 5) is 21.4. The lowest BCUT2D eigenvalue weighted by Gasteiger charge is -2.02. The number of benzene rings is 1. The Hall–Kier alpha value is -2.25. The van der Waals surface area contributed by atoms with E-state index < -0.39 is 0 Å². The van der Waals surface area contributed by atoms with Crippen LogP contribution in [-0.4, -0.2) is 21.6 Å². The average molecular weight is 388 g/mol. The van der Waals surface area contributed by atoms with Gasteiger partial charge in [0.15, 0.2) is 5.13 Å². The molecule has 2 heterocycles. The van der Waals surface area contributed by atoms with Crippen molar-refractivity contribution >= 4 is 34.1 Å². The highest BCUT2D eigenvalue weighted by molar-refractivity contribution is 7.99. The van der Waals surface area contributed by atoms with E-state index in [1.807, 2.05) is 24.3 Å². The number of aromatic nitrogens is 2. The van der Waals surface area contributed by atoms with Crippen molar-refractivity contribution in [3.05, 3.63) is 76.3 Å². The number of carbonyl (C=O) groups excluding carboxylic acids is 1. The van der Waals surface area contributed by atoms with E-state index in [0.29, 0.717) is 28.6 Å². The van der Waals surface area contributed by atoms with Gasteiger partial charge in [0, 0.05) is 29.4 Å². The van der Waals surface area contributed by atoms with Crippen LogP contribution in [0.2, 0.25) is 0 Å². The first-order valence-corrected chi connectivity index (χ1v) is 10.0. The summed E-state index contributed by atoms with van der Waals surface area (Å²) in [6, 6.07) is 11.0. The Morgan fingerprint density at radius 3 is 2.92 bits per heavy atom. The zero-order valence-corrected chi connectivity index (χ0v) is 15.9. The number of pyridine rings is 1. The first-order chi connectivity index (χ1) is 12.6. The summed E-state index contributed by atoms with van der Waals surface area (Å²) >= 11 is 2.92. The number of thioether (sulfide) groups is 1. The van der Waals surface area contributed by atoms with Gasteiger partial charge in [-0.1, -0.05) is 18.2 Å². The summed E-state index contributed by atoms with van der Waals surface area (Å²) in [5.41, 5.74) is 2.47. The zero-order valence-electron chi connectivity index (χ0n) is 14.2. The highest BCUT2D eigenvalue weighted by atomic mass is 32.2. The van der Waals surface area contributed by atoms with Crippen molar-refractivity contribution < 1.29 is 9.18 Å². The fraction of sp³-hybridized carbons (Fsp3) is 0.211. The first kappa shape index (κ1) is 18.5. The average Bonchev–Trinajstić information content (AvgIpc) is 3.06. The molecule has 7 heteroatoms. The number of hydrogen-bond acceptors (Lipinski definition) is 5. The van der Waals surface area contributed by atoms with Crippen LogP contribution in [0.1, 0.15) is 21.7 Å². The number of carbonyl (C=O) groups is 1. The highest BCUT2D eigenvalue weighted by Gasteiger charge is 2.09. The second-order valence-electron chi connectivity index (χ2n) is 5.75. The Labute approximate surface area is 159 Å². The van der Waals surface area contributed by atoms with Crippen molar-refractivity contribution in [2.75, 3.05) is 11.1 Å². The van der Waals surface area contributed by atoms with Gasteiger partial charge in [0.25, 0.3) is 0 Å². The summed E-state index contributed by atoms with van der Waals surface area (Å²) in [7, 11) is 0. The van der Waals surface area contributed by atoms with Crippen LogP contribution in [0.5, 0.6) is 0 Å². The van der Waals surface area contributed by atoms with E-state index in [1.54, 1.807) is 31.5 Å². The standard InChI is InChI=1S/C19H18FN3OS2/c1-13-5-6-14(9-17(13)20)8-16-10-22-19(26-16)23-18(24)12-25-11-15-4-2-3-7-21-15/h2-7,9-10H,8,11-12H2,1H3,(H,22,23,24). The van der Waals surface area contributed by atoms with Crippen molar-refractivity contribution in [3.8, 4) is 0 Å². The molecule has 0 unspecified atom stereocenters. The van der Waals surface area contributed by atoms with E-state index >= 15 is 0 Å².